The van der Waals surface area contributed by atoms with Crippen LogP contribution in [0, 0.1) is 6.92 Å². The highest BCUT2D eigenvalue weighted by molar-refractivity contribution is 7.14. The highest BCUT2D eigenvalue weighted by Gasteiger charge is 2.15. The maximum absolute atomic E-state index is 12.3. The van der Waals surface area contributed by atoms with Crippen LogP contribution in [-0.4, -0.2) is 17.0 Å². The number of aryl methyl sites for hydroxylation is 2. The average Bonchev–Trinajstić information content (AvgIpc) is 2.81. The van der Waals surface area contributed by atoms with Crippen LogP contribution >= 0.6 is 11.3 Å². The molecular formula is C16H17NO3S. The smallest absolute Gasteiger partial charge is 0.337 e. The predicted molar refractivity (Wildman–Crippen MR) is 84.4 cm³/mol. The van der Waals surface area contributed by atoms with E-state index in [2.05, 4.69) is 12.2 Å². The second-order valence-corrected chi connectivity index (χ2v) is 6.00. The summed E-state index contributed by atoms with van der Waals surface area (Å²) in [5.41, 5.74) is 1.59. The molecule has 1 aromatic heterocycles. The van der Waals surface area contributed by atoms with Crippen molar-refractivity contribution in [2.75, 3.05) is 5.32 Å². The van der Waals surface area contributed by atoms with E-state index >= 15 is 0 Å². The van der Waals surface area contributed by atoms with E-state index < -0.39 is 5.97 Å². The molecule has 0 spiro atoms. The molecule has 0 unspecified atom stereocenters. The number of benzene rings is 1. The van der Waals surface area contributed by atoms with E-state index in [9.17, 15) is 9.59 Å². The summed E-state index contributed by atoms with van der Waals surface area (Å²) in [7, 11) is 0. The van der Waals surface area contributed by atoms with E-state index in [0.29, 0.717) is 10.6 Å². The van der Waals surface area contributed by atoms with Gasteiger partial charge in [0.25, 0.3) is 5.91 Å². The maximum atomic E-state index is 12.3. The number of thiophene rings is 1. The maximum Gasteiger partial charge on any atom is 0.337 e. The largest absolute Gasteiger partial charge is 0.478 e. The summed E-state index contributed by atoms with van der Waals surface area (Å²) in [6, 6.07) is 8.29. The van der Waals surface area contributed by atoms with Gasteiger partial charge < -0.3 is 10.4 Å². The molecule has 4 nitrogen and oxygen atoms in total. The molecule has 2 rings (SSSR count). The van der Waals surface area contributed by atoms with Gasteiger partial charge in [-0.25, -0.2) is 4.79 Å². The van der Waals surface area contributed by atoms with Crippen LogP contribution in [0.25, 0.3) is 0 Å². The number of carbonyl (C=O) groups excluding carboxylic acids is 1. The molecule has 0 aliphatic heterocycles. The average molecular weight is 303 g/mol. The molecule has 2 N–H and O–H groups in total. The van der Waals surface area contributed by atoms with Crippen molar-refractivity contribution in [2.45, 2.75) is 26.7 Å². The van der Waals surface area contributed by atoms with Crippen LogP contribution in [0.1, 0.15) is 43.8 Å². The fourth-order valence-corrected chi connectivity index (χ4v) is 3.08. The Hall–Kier alpha value is -2.14. The number of aromatic carboxylic acids is 1. The number of hydrogen-bond donors (Lipinski definition) is 2. The van der Waals surface area contributed by atoms with Crippen LogP contribution in [0.4, 0.5) is 5.69 Å². The minimum absolute atomic E-state index is 0.0907. The lowest BCUT2D eigenvalue weighted by atomic mass is 10.1. The number of carboxylic acid groups (broad SMARTS) is 1. The summed E-state index contributed by atoms with van der Waals surface area (Å²) in [6.07, 6.45) is 1.97. The van der Waals surface area contributed by atoms with Crippen molar-refractivity contribution in [3.63, 3.8) is 0 Å². The minimum Gasteiger partial charge on any atom is -0.478 e. The molecule has 1 amide bonds. The molecule has 21 heavy (non-hydrogen) atoms. The van der Waals surface area contributed by atoms with Gasteiger partial charge in [-0.1, -0.05) is 25.5 Å². The zero-order valence-electron chi connectivity index (χ0n) is 12.0. The van der Waals surface area contributed by atoms with E-state index in [1.807, 2.05) is 13.0 Å². The van der Waals surface area contributed by atoms with Crippen molar-refractivity contribution in [1.82, 2.24) is 0 Å². The third-order valence-corrected chi connectivity index (χ3v) is 4.26. The highest BCUT2D eigenvalue weighted by Crippen LogP contribution is 2.24. The predicted octanol–water partition coefficient (Wildman–Crippen LogP) is 3.96. The van der Waals surface area contributed by atoms with Gasteiger partial charge in [-0.15, -0.1) is 11.3 Å². The Morgan fingerprint density at radius 1 is 1.29 bits per heavy atom. The van der Waals surface area contributed by atoms with Gasteiger partial charge in [-0.2, -0.15) is 0 Å². The van der Waals surface area contributed by atoms with E-state index in [-0.39, 0.29) is 11.5 Å². The Morgan fingerprint density at radius 2 is 2.00 bits per heavy atom. The summed E-state index contributed by atoms with van der Waals surface area (Å²) in [5.74, 6) is -1.32. The molecule has 0 saturated heterocycles. The van der Waals surface area contributed by atoms with Crippen molar-refractivity contribution >= 4 is 28.9 Å². The topological polar surface area (TPSA) is 66.4 Å². The second-order valence-electron chi connectivity index (χ2n) is 4.75. The monoisotopic (exact) mass is 303 g/mol. The summed E-state index contributed by atoms with van der Waals surface area (Å²) in [6.45, 7) is 4.09. The fourth-order valence-electron chi connectivity index (χ4n) is 2.11. The number of rotatable bonds is 5. The van der Waals surface area contributed by atoms with Crippen LogP contribution in [0.15, 0.2) is 30.3 Å². The van der Waals surface area contributed by atoms with E-state index in [1.165, 1.54) is 23.0 Å². The molecule has 0 bridgehead atoms. The Kier molecular flexibility index (Phi) is 4.75. The quantitative estimate of drug-likeness (QED) is 0.878. The van der Waals surface area contributed by atoms with Gasteiger partial charge in [0.2, 0.25) is 0 Å². The molecule has 0 fully saturated rings. The Bertz CT molecular complexity index is 676. The van der Waals surface area contributed by atoms with Crippen molar-refractivity contribution in [3.05, 3.63) is 51.2 Å². The first-order valence-electron chi connectivity index (χ1n) is 6.76. The van der Waals surface area contributed by atoms with Gasteiger partial charge in [0, 0.05) is 4.88 Å². The molecule has 1 aromatic carbocycles. The SMILES string of the molecule is CCCc1cc(C(=O)Nc2ccccc2C(=O)O)sc1C. The summed E-state index contributed by atoms with van der Waals surface area (Å²) >= 11 is 1.44. The molecule has 0 aliphatic carbocycles. The number of amides is 1. The highest BCUT2D eigenvalue weighted by atomic mass is 32.1. The third kappa shape index (κ3) is 3.49. The molecule has 110 valence electrons. The first-order chi connectivity index (χ1) is 10.0. The lowest BCUT2D eigenvalue weighted by molar-refractivity contribution is 0.0698. The van der Waals surface area contributed by atoms with Gasteiger partial charge >= 0.3 is 5.97 Å². The lowest BCUT2D eigenvalue weighted by Crippen LogP contribution is -2.13. The van der Waals surface area contributed by atoms with Gasteiger partial charge in [0.1, 0.15) is 0 Å². The molecule has 0 radical (unpaired) electrons. The van der Waals surface area contributed by atoms with Crippen molar-refractivity contribution in [3.8, 4) is 0 Å². The molecular weight excluding hydrogens is 286 g/mol. The van der Waals surface area contributed by atoms with E-state index in [1.54, 1.807) is 18.2 Å². The molecule has 0 aliphatic rings. The molecule has 0 atom stereocenters. The summed E-state index contributed by atoms with van der Waals surface area (Å²) in [5, 5.41) is 11.8. The Labute approximate surface area is 127 Å². The normalized spacial score (nSPS) is 10.4. The molecule has 5 heteroatoms. The zero-order valence-corrected chi connectivity index (χ0v) is 12.8. The number of para-hydroxylation sites is 1. The Balaban J connectivity index is 2.22. The first-order valence-corrected chi connectivity index (χ1v) is 7.57. The van der Waals surface area contributed by atoms with Gasteiger partial charge in [-0.3, -0.25) is 4.79 Å². The molecule has 2 aromatic rings. The van der Waals surface area contributed by atoms with E-state index in [4.69, 9.17) is 5.11 Å². The number of anilines is 1. The fraction of sp³-hybridized carbons (Fsp3) is 0.250. The second kappa shape index (κ2) is 6.54. The van der Waals surface area contributed by atoms with Crippen molar-refractivity contribution in [2.24, 2.45) is 0 Å². The van der Waals surface area contributed by atoms with Gasteiger partial charge in [0.15, 0.2) is 0 Å². The van der Waals surface area contributed by atoms with Crippen LogP contribution in [0.3, 0.4) is 0 Å². The first kappa shape index (κ1) is 15.3. The van der Waals surface area contributed by atoms with Gasteiger partial charge in [-0.05, 0) is 37.1 Å². The zero-order chi connectivity index (χ0) is 15.4. The number of carboxylic acids is 1. The number of nitrogens with one attached hydrogen (secondary N) is 1. The molecule has 1 heterocycles. The standard InChI is InChI=1S/C16H17NO3S/c1-3-6-11-9-14(21-10(11)2)15(18)17-13-8-5-4-7-12(13)16(19)20/h4-5,7-9H,3,6H2,1-2H3,(H,17,18)(H,19,20). The lowest BCUT2D eigenvalue weighted by Gasteiger charge is -2.06. The van der Waals surface area contributed by atoms with Crippen LogP contribution < -0.4 is 5.32 Å². The summed E-state index contributed by atoms with van der Waals surface area (Å²) in [4.78, 5) is 25.1. The van der Waals surface area contributed by atoms with Crippen molar-refractivity contribution < 1.29 is 14.7 Å². The Morgan fingerprint density at radius 3 is 2.67 bits per heavy atom. The number of carbonyl (C=O) groups is 2. The van der Waals surface area contributed by atoms with Crippen LogP contribution in [-0.2, 0) is 6.42 Å². The van der Waals surface area contributed by atoms with Gasteiger partial charge in [0.05, 0.1) is 16.1 Å². The third-order valence-electron chi connectivity index (χ3n) is 3.17. The van der Waals surface area contributed by atoms with Crippen LogP contribution in [0.5, 0.6) is 0 Å². The van der Waals surface area contributed by atoms with Crippen LogP contribution in [0.2, 0.25) is 0 Å². The summed E-state index contributed by atoms with van der Waals surface area (Å²) < 4.78 is 0. The van der Waals surface area contributed by atoms with Crippen molar-refractivity contribution in [1.29, 1.82) is 0 Å². The minimum atomic E-state index is -1.06. The van der Waals surface area contributed by atoms with E-state index in [0.717, 1.165) is 17.7 Å². The molecule has 0 saturated carbocycles. The number of hydrogen-bond acceptors (Lipinski definition) is 3.